The molecule has 0 aromatic carbocycles. The van der Waals surface area contributed by atoms with Crippen LogP contribution in [0.4, 0.5) is 0 Å². The molecule has 8 amide bonds. The van der Waals surface area contributed by atoms with Crippen molar-refractivity contribution in [1.29, 1.82) is 0 Å². The van der Waals surface area contributed by atoms with Crippen LogP contribution in [0, 0.1) is 5.92 Å². The van der Waals surface area contributed by atoms with E-state index in [2.05, 4.69) is 38.8 Å². The van der Waals surface area contributed by atoms with Gasteiger partial charge in [-0.15, -0.1) is 0 Å². The lowest BCUT2D eigenvalue weighted by Crippen LogP contribution is -2.61. The van der Waals surface area contributed by atoms with Crippen LogP contribution in [0.2, 0.25) is 0 Å². The molecule has 1 saturated heterocycles. The lowest BCUT2D eigenvalue weighted by atomic mass is 10.0. The molecule has 0 bridgehead atoms. The molecule has 1 rings (SSSR count). The highest BCUT2D eigenvalue weighted by Crippen LogP contribution is 2.20. The van der Waals surface area contributed by atoms with E-state index in [1.165, 1.54) is 70.6 Å². The Hall–Kier alpha value is -4.65. The number of primary amides is 1. The van der Waals surface area contributed by atoms with E-state index in [1.807, 2.05) is 13.8 Å². The molecule has 61 heavy (non-hydrogen) atoms. The molecule has 1 aliphatic rings. The Bertz CT molecular complexity index is 1440. The van der Waals surface area contributed by atoms with Crippen molar-refractivity contribution in [3.8, 4) is 0 Å². The van der Waals surface area contributed by atoms with Gasteiger partial charge in [-0.1, -0.05) is 85.0 Å². The third-order valence-electron chi connectivity index (χ3n) is 10.4. The maximum atomic E-state index is 13.9. The van der Waals surface area contributed by atoms with Gasteiger partial charge in [0.25, 0.3) is 0 Å². The first kappa shape index (κ1) is 54.4. The summed E-state index contributed by atoms with van der Waals surface area (Å²) in [7, 11) is 0. The quantitative estimate of drug-likeness (QED) is 0.0333. The summed E-state index contributed by atoms with van der Waals surface area (Å²) in [6, 6.07) is -7.59. The minimum Gasteiger partial charge on any atom is -0.391 e. The van der Waals surface area contributed by atoms with Gasteiger partial charge in [0.05, 0.1) is 31.2 Å². The van der Waals surface area contributed by atoms with Gasteiger partial charge >= 0.3 is 0 Å². The maximum absolute atomic E-state index is 13.9. The van der Waals surface area contributed by atoms with E-state index in [0.29, 0.717) is 19.1 Å². The molecule has 348 valence electrons. The lowest BCUT2D eigenvalue weighted by molar-refractivity contribution is -0.145. The first-order valence-corrected chi connectivity index (χ1v) is 22.0. The number of unbranched alkanes of at least 4 members (excludes halogenated alkanes) is 10. The van der Waals surface area contributed by atoms with E-state index in [-0.39, 0.29) is 37.6 Å². The average molecular weight is 867 g/mol. The summed E-state index contributed by atoms with van der Waals surface area (Å²) in [6.45, 7) is 9.22. The largest absolute Gasteiger partial charge is 0.391 e. The molecule has 1 fully saturated rings. The number of nitrogens with two attached hydrogens (primary N) is 1. The summed E-state index contributed by atoms with van der Waals surface area (Å²) >= 11 is 0. The predicted octanol–water partition coefficient (Wildman–Crippen LogP) is 0.121. The van der Waals surface area contributed by atoms with Gasteiger partial charge in [-0.05, 0) is 52.4 Å². The van der Waals surface area contributed by atoms with Gasteiger partial charge in [-0.3, -0.25) is 38.4 Å². The minimum atomic E-state index is -1.60. The van der Waals surface area contributed by atoms with Crippen molar-refractivity contribution in [2.45, 2.75) is 193 Å². The number of aliphatic hydroxyl groups is 2. The molecule has 0 saturated carbocycles. The number of aliphatic hydroxyl groups excluding tert-OH is 2. The van der Waals surface area contributed by atoms with Crippen LogP contribution >= 0.6 is 0 Å². The fourth-order valence-corrected chi connectivity index (χ4v) is 6.99. The third kappa shape index (κ3) is 21.6. The van der Waals surface area contributed by atoms with E-state index < -0.39 is 103 Å². The molecular formula is C42H74N8O11. The summed E-state index contributed by atoms with van der Waals surface area (Å²) in [5.41, 5.74) is 5.18. The number of rotatable bonds is 31. The molecule has 1 aliphatic heterocycles. The van der Waals surface area contributed by atoms with Crippen molar-refractivity contribution in [2.24, 2.45) is 11.7 Å². The lowest BCUT2D eigenvalue weighted by Gasteiger charge is -2.32. The fraction of sp³-hybridized carbons (Fsp3) is 0.786. The molecule has 0 spiro atoms. The first-order valence-electron chi connectivity index (χ1n) is 22.0. The Labute approximate surface area is 360 Å². The van der Waals surface area contributed by atoms with Gasteiger partial charge in [0, 0.05) is 13.0 Å². The zero-order valence-corrected chi connectivity index (χ0v) is 37.1. The Morgan fingerprint density at radius 3 is 1.75 bits per heavy atom. The van der Waals surface area contributed by atoms with Gasteiger partial charge < -0.3 is 57.5 Å². The van der Waals surface area contributed by atoms with Crippen LogP contribution in [-0.4, -0.2) is 130 Å². The van der Waals surface area contributed by atoms with Crippen LogP contribution in [0.5, 0.6) is 0 Å². The second-order valence-corrected chi connectivity index (χ2v) is 16.6. The van der Waals surface area contributed by atoms with Gasteiger partial charge in [0.1, 0.15) is 36.5 Å². The number of nitrogens with zero attached hydrogens (tertiary/aromatic N) is 1. The summed E-state index contributed by atoms with van der Waals surface area (Å²) in [5, 5.41) is 35.6. The van der Waals surface area contributed by atoms with Crippen molar-refractivity contribution in [2.75, 3.05) is 13.1 Å². The Morgan fingerprint density at radius 2 is 1.23 bits per heavy atom. The molecule has 0 aromatic rings. The maximum Gasteiger partial charge on any atom is 0.248 e. The van der Waals surface area contributed by atoms with Crippen LogP contribution < -0.4 is 37.6 Å². The molecule has 19 nitrogen and oxygen atoms in total. The number of hydrogen-bond donors (Lipinski definition) is 9. The van der Waals surface area contributed by atoms with Crippen LogP contribution in [-0.2, 0) is 43.2 Å². The van der Waals surface area contributed by atoms with Crippen LogP contribution in [0.3, 0.4) is 0 Å². The Kier molecular flexibility index (Phi) is 26.4. The molecule has 5 unspecified atom stereocenters. The standard InChI is InChI=1S/C42H74N8O11/c1-7-8-9-10-11-12-13-14-15-16-17-20-34(55)46-30(22-26(2)3)39(58)49-37(29(6)53)42(61)50-21-18-19-32(50)40(59)48-36(28(5)52)41(60)44-24-35(56)47-31(23-33(43)54)38(57)45-27(4)25-51/h25-32,36-37,52-53H,7-24H2,1-6H3,(H2,43,54)(H,44,60)(H,45,57)(H,46,55)(H,47,56)(H,48,59)(H,49,58)/t27?,28?,29?,30-,31-,32+,36?,37?/m0/s1. The molecule has 0 aromatic heterocycles. The molecular weight excluding hydrogens is 793 g/mol. The second-order valence-electron chi connectivity index (χ2n) is 16.6. The van der Waals surface area contributed by atoms with Gasteiger partial charge in [0.15, 0.2) is 0 Å². The van der Waals surface area contributed by atoms with Crippen LogP contribution in [0.1, 0.15) is 144 Å². The molecule has 10 N–H and O–H groups in total. The molecule has 1 heterocycles. The topological polar surface area (TPSA) is 296 Å². The Balaban J connectivity index is 2.86. The molecule has 0 radical (unpaired) electrons. The zero-order valence-electron chi connectivity index (χ0n) is 37.1. The highest BCUT2D eigenvalue weighted by Gasteiger charge is 2.41. The van der Waals surface area contributed by atoms with E-state index in [0.717, 1.165) is 19.3 Å². The van der Waals surface area contributed by atoms with Crippen molar-refractivity contribution in [3.63, 3.8) is 0 Å². The first-order chi connectivity index (χ1) is 28.8. The number of carbonyl (C=O) groups is 9. The average Bonchev–Trinajstić information content (AvgIpc) is 3.69. The number of hydrogen-bond acceptors (Lipinski definition) is 11. The molecule has 19 heteroatoms. The van der Waals surface area contributed by atoms with Crippen LogP contribution in [0.15, 0.2) is 0 Å². The van der Waals surface area contributed by atoms with Crippen molar-refractivity contribution in [1.82, 2.24) is 36.8 Å². The van der Waals surface area contributed by atoms with Crippen LogP contribution in [0.25, 0.3) is 0 Å². The van der Waals surface area contributed by atoms with Gasteiger partial charge in [-0.25, -0.2) is 0 Å². The number of carbonyl (C=O) groups excluding carboxylic acids is 9. The van der Waals surface area contributed by atoms with Gasteiger partial charge in [-0.2, -0.15) is 0 Å². The third-order valence-corrected chi connectivity index (χ3v) is 10.4. The number of likely N-dealkylation sites (tertiary alicyclic amines) is 1. The van der Waals surface area contributed by atoms with Gasteiger partial charge in [0.2, 0.25) is 47.3 Å². The smallest absolute Gasteiger partial charge is 0.248 e. The highest BCUT2D eigenvalue weighted by molar-refractivity contribution is 5.97. The second kappa shape index (κ2) is 29.6. The fourth-order valence-electron chi connectivity index (χ4n) is 6.99. The normalized spacial score (nSPS) is 17.1. The van der Waals surface area contributed by atoms with E-state index in [9.17, 15) is 53.4 Å². The highest BCUT2D eigenvalue weighted by atomic mass is 16.3. The minimum absolute atomic E-state index is 0.00206. The summed E-state index contributed by atoms with van der Waals surface area (Å²) < 4.78 is 0. The van der Waals surface area contributed by atoms with Crippen molar-refractivity contribution >= 4 is 53.5 Å². The number of amides is 8. The molecule has 0 aliphatic carbocycles. The summed E-state index contributed by atoms with van der Waals surface area (Å²) in [4.78, 5) is 116. The predicted molar refractivity (Wildman–Crippen MR) is 227 cm³/mol. The number of aldehydes is 1. The molecule has 8 atom stereocenters. The SMILES string of the molecule is CCCCCCCCCCCCCC(=O)N[C@@H](CC(C)C)C(=O)NC(C(=O)N1CCC[C@@H]1C(=O)NC(C(=O)NCC(=O)N[C@@H](CC(N)=O)C(=O)NC(C)C=O)C(C)O)C(C)O. The zero-order chi connectivity index (χ0) is 46.1. The van der Waals surface area contributed by atoms with E-state index in [4.69, 9.17) is 5.73 Å². The van der Waals surface area contributed by atoms with Crippen molar-refractivity contribution in [3.05, 3.63) is 0 Å². The monoisotopic (exact) mass is 867 g/mol. The number of nitrogens with one attached hydrogen (secondary N) is 6. The van der Waals surface area contributed by atoms with E-state index in [1.54, 1.807) is 0 Å². The van der Waals surface area contributed by atoms with Crippen molar-refractivity contribution < 1.29 is 53.4 Å². The Morgan fingerprint density at radius 1 is 0.689 bits per heavy atom. The van der Waals surface area contributed by atoms with E-state index >= 15 is 0 Å². The summed E-state index contributed by atoms with van der Waals surface area (Å²) in [5.74, 6) is -6.23. The summed E-state index contributed by atoms with van der Waals surface area (Å²) in [6.07, 6.45) is 10.5.